The Morgan fingerprint density at radius 2 is 2.11 bits per heavy atom. The van der Waals surface area contributed by atoms with Gasteiger partial charge in [0.2, 0.25) is 5.91 Å². The third kappa shape index (κ3) is 3.57. The van der Waals surface area contributed by atoms with Gasteiger partial charge in [-0.2, -0.15) is 0 Å². The summed E-state index contributed by atoms with van der Waals surface area (Å²) in [5.41, 5.74) is 1.37. The Balaban J connectivity index is 1.80. The largest absolute Gasteiger partial charge is 0.346 e. The van der Waals surface area contributed by atoms with Crippen LogP contribution in [0, 0.1) is 5.92 Å². The van der Waals surface area contributed by atoms with Crippen LogP contribution in [0.25, 0.3) is 0 Å². The van der Waals surface area contributed by atoms with E-state index < -0.39 is 0 Å². The second kappa shape index (κ2) is 6.01. The van der Waals surface area contributed by atoms with E-state index in [9.17, 15) is 4.79 Å². The van der Waals surface area contributed by atoms with Gasteiger partial charge in [0.15, 0.2) is 0 Å². The molecule has 0 aliphatic carbocycles. The van der Waals surface area contributed by atoms with Crippen LogP contribution in [-0.4, -0.2) is 42.4 Å². The molecule has 1 saturated heterocycles. The Kier molecular flexibility index (Phi) is 4.37. The van der Waals surface area contributed by atoms with Gasteiger partial charge in [-0.1, -0.05) is 30.3 Å². The summed E-state index contributed by atoms with van der Waals surface area (Å²) in [6, 6.07) is 10.6. The van der Waals surface area contributed by atoms with Crippen LogP contribution in [0.4, 0.5) is 0 Å². The highest BCUT2D eigenvalue weighted by molar-refractivity contribution is 5.72. The quantitative estimate of drug-likeness (QED) is 0.811. The molecule has 3 heteroatoms. The summed E-state index contributed by atoms with van der Waals surface area (Å²) in [5, 5.41) is 0. The molecule has 98 valence electrons. The maximum atomic E-state index is 11.2. The highest BCUT2D eigenvalue weighted by Crippen LogP contribution is 2.19. The van der Waals surface area contributed by atoms with Gasteiger partial charge in [-0.15, -0.1) is 0 Å². The fourth-order valence-corrected chi connectivity index (χ4v) is 2.56. The molecule has 0 radical (unpaired) electrons. The lowest BCUT2D eigenvalue weighted by Gasteiger charge is -2.20. The molecule has 0 spiro atoms. The first kappa shape index (κ1) is 13.1. The van der Waals surface area contributed by atoms with Crippen LogP contribution >= 0.6 is 0 Å². The Labute approximate surface area is 109 Å². The zero-order chi connectivity index (χ0) is 13.0. The minimum atomic E-state index is 0.163. The Hall–Kier alpha value is -1.35. The molecule has 1 aromatic rings. The summed E-state index contributed by atoms with van der Waals surface area (Å²) in [5.74, 6) is 0.791. The maximum absolute atomic E-state index is 11.2. The number of carbonyl (C=O) groups is 1. The number of hydrogen-bond donors (Lipinski definition) is 0. The summed E-state index contributed by atoms with van der Waals surface area (Å²) < 4.78 is 0. The monoisotopic (exact) mass is 246 g/mol. The van der Waals surface area contributed by atoms with Crippen molar-refractivity contribution in [1.29, 1.82) is 0 Å². The summed E-state index contributed by atoms with van der Waals surface area (Å²) in [4.78, 5) is 15.5. The molecule has 1 aliphatic rings. The summed E-state index contributed by atoms with van der Waals surface area (Å²) >= 11 is 0. The van der Waals surface area contributed by atoms with Gasteiger partial charge < -0.3 is 4.90 Å². The zero-order valence-corrected chi connectivity index (χ0v) is 11.3. The molecule has 18 heavy (non-hydrogen) atoms. The average Bonchev–Trinajstić information content (AvgIpc) is 2.77. The number of benzene rings is 1. The number of nitrogens with zero attached hydrogens (tertiary/aromatic N) is 2. The molecule has 0 saturated carbocycles. The molecule has 2 rings (SSSR count). The highest BCUT2D eigenvalue weighted by Gasteiger charge is 2.23. The third-order valence-electron chi connectivity index (χ3n) is 3.69. The molecule has 1 unspecified atom stereocenters. The smallest absolute Gasteiger partial charge is 0.219 e. The molecule has 1 atom stereocenters. The van der Waals surface area contributed by atoms with E-state index in [1.54, 1.807) is 6.92 Å². The summed E-state index contributed by atoms with van der Waals surface area (Å²) in [6.45, 7) is 5.80. The standard InChI is InChI=1S/C15H22N2O/c1-13(18)16(2)10-15-8-9-17(12-15)11-14-6-4-3-5-7-14/h3-7,15H,8-12H2,1-2H3. The first-order valence-electron chi connectivity index (χ1n) is 6.63. The van der Waals surface area contributed by atoms with Crippen molar-refractivity contribution in [3.05, 3.63) is 35.9 Å². The first-order valence-corrected chi connectivity index (χ1v) is 6.63. The van der Waals surface area contributed by atoms with Gasteiger partial charge in [0.1, 0.15) is 0 Å². The number of carbonyl (C=O) groups excluding carboxylic acids is 1. The Bertz CT molecular complexity index is 391. The Morgan fingerprint density at radius 3 is 2.78 bits per heavy atom. The van der Waals surface area contributed by atoms with Crippen LogP contribution in [0.15, 0.2) is 30.3 Å². The minimum Gasteiger partial charge on any atom is -0.346 e. The van der Waals surface area contributed by atoms with Crippen molar-refractivity contribution in [2.45, 2.75) is 19.9 Å². The topological polar surface area (TPSA) is 23.6 Å². The van der Waals surface area contributed by atoms with E-state index in [2.05, 4.69) is 35.2 Å². The van der Waals surface area contributed by atoms with Gasteiger partial charge >= 0.3 is 0 Å². The van der Waals surface area contributed by atoms with Gasteiger partial charge in [0.25, 0.3) is 0 Å². The number of likely N-dealkylation sites (tertiary alicyclic amines) is 1. The van der Waals surface area contributed by atoms with Gasteiger partial charge in [-0.05, 0) is 24.4 Å². The maximum Gasteiger partial charge on any atom is 0.219 e. The van der Waals surface area contributed by atoms with Crippen molar-refractivity contribution < 1.29 is 4.79 Å². The van der Waals surface area contributed by atoms with Gasteiger partial charge in [-0.3, -0.25) is 9.69 Å². The van der Waals surface area contributed by atoms with Crippen LogP contribution in [0.1, 0.15) is 18.9 Å². The van der Waals surface area contributed by atoms with Crippen LogP contribution in [0.5, 0.6) is 0 Å². The molecule has 0 N–H and O–H groups in total. The van der Waals surface area contributed by atoms with Crippen molar-refractivity contribution in [1.82, 2.24) is 9.80 Å². The lowest BCUT2D eigenvalue weighted by Crippen LogP contribution is -2.31. The van der Waals surface area contributed by atoms with E-state index in [1.165, 1.54) is 12.0 Å². The molecule has 0 bridgehead atoms. The highest BCUT2D eigenvalue weighted by atomic mass is 16.2. The summed E-state index contributed by atoms with van der Waals surface area (Å²) in [7, 11) is 1.89. The normalized spacial score (nSPS) is 20.0. The van der Waals surface area contributed by atoms with Crippen molar-refractivity contribution >= 4 is 5.91 Å². The molecule has 0 aromatic heterocycles. The lowest BCUT2D eigenvalue weighted by molar-refractivity contribution is -0.128. The van der Waals surface area contributed by atoms with Crippen LogP contribution in [0.3, 0.4) is 0 Å². The molecule has 1 heterocycles. The zero-order valence-electron chi connectivity index (χ0n) is 11.3. The third-order valence-corrected chi connectivity index (χ3v) is 3.69. The molecular formula is C15H22N2O. The van der Waals surface area contributed by atoms with E-state index in [-0.39, 0.29) is 5.91 Å². The van der Waals surface area contributed by atoms with E-state index >= 15 is 0 Å². The van der Waals surface area contributed by atoms with E-state index in [0.717, 1.165) is 26.2 Å². The fraction of sp³-hybridized carbons (Fsp3) is 0.533. The second-order valence-electron chi connectivity index (χ2n) is 5.27. The van der Waals surface area contributed by atoms with Gasteiger partial charge in [0, 0.05) is 33.6 Å². The second-order valence-corrected chi connectivity index (χ2v) is 5.27. The Morgan fingerprint density at radius 1 is 1.39 bits per heavy atom. The first-order chi connectivity index (χ1) is 8.65. The minimum absolute atomic E-state index is 0.163. The van der Waals surface area contributed by atoms with E-state index in [4.69, 9.17) is 0 Å². The molecule has 1 fully saturated rings. The molecular weight excluding hydrogens is 224 g/mol. The number of amides is 1. The molecule has 1 amide bonds. The molecule has 1 aromatic carbocycles. The van der Waals surface area contributed by atoms with Crippen molar-refractivity contribution in [2.24, 2.45) is 5.92 Å². The number of hydrogen-bond acceptors (Lipinski definition) is 2. The van der Waals surface area contributed by atoms with Gasteiger partial charge in [0.05, 0.1) is 0 Å². The predicted octanol–water partition coefficient (Wildman–Crippen LogP) is 1.99. The van der Waals surface area contributed by atoms with Crippen LogP contribution in [-0.2, 0) is 11.3 Å². The summed E-state index contributed by atoms with van der Waals surface area (Å²) in [6.07, 6.45) is 1.20. The lowest BCUT2D eigenvalue weighted by atomic mass is 10.1. The van der Waals surface area contributed by atoms with Crippen molar-refractivity contribution in [3.8, 4) is 0 Å². The SMILES string of the molecule is CC(=O)N(C)CC1CCN(Cc2ccccc2)C1. The van der Waals surface area contributed by atoms with Crippen LogP contribution in [0.2, 0.25) is 0 Å². The molecule has 3 nitrogen and oxygen atoms in total. The predicted molar refractivity (Wildman–Crippen MR) is 73.1 cm³/mol. The fourth-order valence-electron chi connectivity index (χ4n) is 2.56. The number of rotatable bonds is 4. The molecule has 1 aliphatic heterocycles. The average molecular weight is 246 g/mol. The van der Waals surface area contributed by atoms with Gasteiger partial charge in [-0.25, -0.2) is 0 Å². The van der Waals surface area contributed by atoms with Crippen LogP contribution < -0.4 is 0 Å². The van der Waals surface area contributed by atoms with E-state index in [1.807, 2.05) is 11.9 Å². The van der Waals surface area contributed by atoms with Crippen molar-refractivity contribution in [2.75, 3.05) is 26.7 Å². The van der Waals surface area contributed by atoms with Crippen molar-refractivity contribution in [3.63, 3.8) is 0 Å². The van der Waals surface area contributed by atoms with E-state index in [0.29, 0.717) is 5.92 Å².